The molecule has 1 aliphatic heterocycles. The molecule has 4 nitrogen and oxygen atoms in total. The second kappa shape index (κ2) is 7.65. The Labute approximate surface area is 91.8 Å². The summed E-state index contributed by atoms with van der Waals surface area (Å²) in [6, 6.07) is 0. The number of nitrogens with one attached hydrogen (secondary N) is 2. The molecule has 0 aromatic rings. The van der Waals surface area contributed by atoms with E-state index in [9.17, 15) is 4.79 Å². The third-order valence-electron chi connectivity index (χ3n) is 2.69. The lowest BCUT2D eigenvalue weighted by molar-refractivity contribution is -0.122. The first kappa shape index (κ1) is 12.5. The highest BCUT2D eigenvalue weighted by molar-refractivity contribution is 5.76. The zero-order chi connectivity index (χ0) is 10.9. The van der Waals surface area contributed by atoms with Crippen LogP contribution in [-0.2, 0) is 9.53 Å². The zero-order valence-corrected chi connectivity index (χ0v) is 9.55. The maximum absolute atomic E-state index is 11.4. The van der Waals surface area contributed by atoms with Gasteiger partial charge in [0, 0.05) is 26.7 Å². The Kier molecular flexibility index (Phi) is 6.36. The standard InChI is InChI=1S/C11H22N2O2/c1-15-6-4-2-3-5-13-11(14)7-10-8-12-9-10/h10,12H,2-9H2,1H3,(H,13,14). The molecular weight excluding hydrogens is 192 g/mol. The Morgan fingerprint density at radius 2 is 2.20 bits per heavy atom. The van der Waals surface area contributed by atoms with Crippen LogP contribution in [-0.4, -0.2) is 39.3 Å². The number of carbonyl (C=O) groups excluding carboxylic acids is 1. The minimum Gasteiger partial charge on any atom is -0.385 e. The molecule has 0 radical (unpaired) electrons. The summed E-state index contributed by atoms with van der Waals surface area (Å²) in [7, 11) is 1.72. The number of unbranched alkanes of at least 4 members (excludes halogenated alkanes) is 2. The molecule has 2 N–H and O–H groups in total. The molecule has 1 heterocycles. The van der Waals surface area contributed by atoms with E-state index in [1.165, 1.54) is 0 Å². The molecule has 1 saturated heterocycles. The van der Waals surface area contributed by atoms with Crippen LogP contribution in [0.4, 0.5) is 0 Å². The van der Waals surface area contributed by atoms with Crippen molar-refractivity contribution in [1.82, 2.24) is 10.6 Å². The van der Waals surface area contributed by atoms with Crippen LogP contribution < -0.4 is 10.6 Å². The number of hydrogen-bond acceptors (Lipinski definition) is 3. The Balaban J connectivity index is 1.83. The van der Waals surface area contributed by atoms with Crippen LogP contribution in [0.1, 0.15) is 25.7 Å². The van der Waals surface area contributed by atoms with Crippen molar-refractivity contribution in [3.8, 4) is 0 Å². The third-order valence-corrected chi connectivity index (χ3v) is 2.69. The van der Waals surface area contributed by atoms with E-state index in [-0.39, 0.29) is 5.91 Å². The summed E-state index contributed by atoms with van der Waals surface area (Å²) >= 11 is 0. The lowest BCUT2D eigenvalue weighted by Crippen LogP contribution is -2.44. The second-order valence-corrected chi connectivity index (χ2v) is 4.13. The maximum Gasteiger partial charge on any atom is 0.220 e. The van der Waals surface area contributed by atoms with Gasteiger partial charge >= 0.3 is 0 Å². The normalized spacial score (nSPS) is 16.1. The lowest BCUT2D eigenvalue weighted by Gasteiger charge is -2.26. The largest absolute Gasteiger partial charge is 0.385 e. The molecule has 1 fully saturated rings. The van der Waals surface area contributed by atoms with Crippen molar-refractivity contribution in [3.63, 3.8) is 0 Å². The number of hydrogen-bond donors (Lipinski definition) is 2. The molecule has 0 unspecified atom stereocenters. The zero-order valence-electron chi connectivity index (χ0n) is 9.55. The molecule has 1 aliphatic rings. The lowest BCUT2D eigenvalue weighted by atomic mass is 9.99. The van der Waals surface area contributed by atoms with E-state index in [1.54, 1.807) is 7.11 Å². The van der Waals surface area contributed by atoms with Crippen molar-refractivity contribution in [1.29, 1.82) is 0 Å². The molecule has 1 amide bonds. The molecule has 0 saturated carbocycles. The van der Waals surface area contributed by atoms with Gasteiger partial charge in [0.1, 0.15) is 0 Å². The van der Waals surface area contributed by atoms with Crippen LogP contribution in [0.5, 0.6) is 0 Å². The van der Waals surface area contributed by atoms with Crippen LogP contribution in [0.2, 0.25) is 0 Å². The molecule has 0 aliphatic carbocycles. The van der Waals surface area contributed by atoms with Crippen molar-refractivity contribution >= 4 is 5.91 Å². The number of ether oxygens (including phenoxy) is 1. The van der Waals surface area contributed by atoms with Crippen LogP contribution >= 0.6 is 0 Å². The average Bonchev–Trinajstić information content (AvgIpc) is 2.17. The van der Waals surface area contributed by atoms with Crippen LogP contribution in [0, 0.1) is 5.92 Å². The molecule has 0 atom stereocenters. The van der Waals surface area contributed by atoms with Crippen molar-refractivity contribution < 1.29 is 9.53 Å². The van der Waals surface area contributed by atoms with Crippen molar-refractivity contribution in [2.24, 2.45) is 5.92 Å². The van der Waals surface area contributed by atoms with Crippen LogP contribution in [0.15, 0.2) is 0 Å². The van der Waals surface area contributed by atoms with Gasteiger partial charge in [-0.2, -0.15) is 0 Å². The van der Waals surface area contributed by atoms with Crippen molar-refractivity contribution in [3.05, 3.63) is 0 Å². The minimum absolute atomic E-state index is 0.202. The molecule has 0 aromatic heterocycles. The fraction of sp³-hybridized carbons (Fsp3) is 0.909. The highest BCUT2D eigenvalue weighted by Crippen LogP contribution is 2.07. The van der Waals surface area contributed by atoms with Crippen LogP contribution in [0.25, 0.3) is 0 Å². The summed E-state index contributed by atoms with van der Waals surface area (Å²) < 4.78 is 4.95. The Morgan fingerprint density at radius 3 is 2.80 bits per heavy atom. The summed E-state index contributed by atoms with van der Waals surface area (Å²) in [4.78, 5) is 11.4. The monoisotopic (exact) mass is 214 g/mol. The smallest absolute Gasteiger partial charge is 0.220 e. The summed E-state index contributed by atoms with van der Waals surface area (Å²) in [5.74, 6) is 0.770. The van der Waals surface area contributed by atoms with Crippen molar-refractivity contribution in [2.45, 2.75) is 25.7 Å². The second-order valence-electron chi connectivity index (χ2n) is 4.13. The van der Waals surface area contributed by atoms with E-state index >= 15 is 0 Å². The van der Waals surface area contributed by atoms with Gasteiger partial charge in [0.05, 0.1) is 0 Å². The van der Waals surface area contributed by atoms with E-state index in [0.29, 0.717) is 12.3 Å². The van der Waals surface area contributed by atoms with Gasteiger partial charge in [0.25, 0.3) is 0 Å². The van der Waals surface area contributed by atoms with Gasteiger partial charge in [-0.3, -0.25) is 4.79 Å². The highest BCUT2D eigenvalue weighted by atomic mass is 16.5. The number of rotatable bonds is 8. The van der Waals surface area contributed by atoms with E-state index in [1.807, 2.05) is 0 Å². The fourth-order valence-corrected chi connectivity index (χ4v) is 1.60. The quantitative estimate of drug-likeness (QED) is 0.579. The van der Waals surface area contributed by atoms with Gasteiger partial charge in [-0.25, -0.2) is 0 Å². The van der Waals surface area contributed by atoms with Gasteiger partial charge in [0.15, 0.2) is 0 Å². The Bertz CT molecular complexity index is 181. The van der Waals surface area contributed by atoms with Gasteiger partial charge in [-0.05, 0) is 38.3 Å². The predicted octanol–water partition coefficient (Wildman–Crippen LogP) is 0.529. The highest BCUT2D eigenvalue weighted by Gasteiger charge is 2.19. The van der Waals surface area contributed by atoms with Crippen molar-refractivity contribution in [2.75, 3.05) is 33.4 Å². The Morgan fingerprint density at radius 1 is 1.40 bits per heavy atom. The predicted molar refractivity (Wildman–Crippen MR) is 59.7 cm³/mol. The molecule has 4 heteroatoms. The van der Waals surface area contributed by atoms with E-state index in [4.69, 9.17) is 4.74 Å². The first-order valence-corrected chi connectivity index (χ1v) is 5.79. The molecular formula is C11H22N2O2. The minimum atomic E-state index is 0.202. The molecule has 0 bridgehead atoms. The van der Waals surface area contributed by atoms with E-state index in [2.05, 4.69) is 10.6 Å². The molecule has 1 rings (SSSR count). The maximum atomic E-state index is 11.4. The number of carbonyl (C=O) groups is 1. The van der Waals surface area contributed by atoms with Gasteiger partial charge < -0.3 is 15.4 Å². The molecule has 15 heavy (non-hydrogen) atoms. The number of methoxy groups -OCH3 is 1. The summed E-state index contributed by atoms with van der Waals surface area (Å²) in [6.45, 7) is 3.63. The topological polar surface area (TPSA) is 50.4 Å². The fourth-order valence-electron chi connectivity index (χ4n) is 1.60. The summed E-state index contributed by atoms with van der Waals surface area (Å²) in [5.41, 5.74) is 0. The van der Waals surface area contributed by atoms with Crippen LogP contribution in [0.3, 0.4) is 0 Å². The Hall–Kier alpha value is -0.610. The number of amides is 1. The molecule has 0 spiro atoms. The first-order valence-electron chi connectivity index (χ1n) is 5.79. The SMILES string of the molecule is COCCCCCNC(=O)CC1CNC1. The third kappa shape index (κ3) is 5.74. The van der Waals surface area contributed by atoms with Gasteiger partial charge in [0.2, 0.25) is 5.91 Å². The summed E-state index contributed by atoms with van der Waals surface area (Å²) in [5, 5.41) is 6.11. The molecule has 0 aromatic carbocycles. The average molecular weight is 214 g/mol. The first-order chi connectivity index (χ1) is 7.33. The molecule has 88 valence electrons. The van der Waals surface area contributed by atoms with E-state index < -0.39 is 0 Å². The summed E-state index contributed by atoms with van der Waals surface area (Å²) in [6.07, 6.45) is 3.95. The van der Waals surface area contributed by atoms with E-state index in [0.717, 1.165) is 45.5 Å². The van der Waals surface area contributed by atoms with Gasteiger partial charge in [-0.1, -0.05) is 0 Å². The van der Waals surface area contributed by atoms with Gasteiger partial charge in [-0.15, -0.1) is 0 Å².